The lowest BCUT2D eigenvalue weighted by molar-refractivity contribution is -0.274. The van der Waals surface area contributed by atoms with Crippen molar-refractivity contribution >= 4 is 6.09 Å². The van der Waals surface area contributed by atoms with Gasteiger partial charge in [-0.25, -0.2) is 4.79 Å². The molecule has 0 aliphatic heterocycles. The Morgan fingerprint density at radius 3 is 2.32 bits per heavy atom. The fourth-order valence-corrected chi connectivity index (χ4v) is 2.13. The predicted molar refractivity (Wildman–Crippen MR) is 89.4 cm³/mol. The molecular formula is C18H26F3NO3. The van der Waals surface area contributed by atoms with Crippen LogP contribution in [0.15, 0.2) is 18.2 Å². The molecule has 1 amide bonds. The normalized spacial score (nSPS) is 12.2. The highest BCUT2D eigenvalue weighted by atomic mass is 19.4. The van der Waals surface area contributed by atoms with Gasteiger partial charge in [0.05, 0.1) is 0 Å². The summed E-state index contributed by atoms with van der Waals surface area (Å²) in [6.07, 6.45) is -3.78. The monoisotopic (exact) mass is 361 g/mol. The van der Waals surface area contributed by atoms with Gasteiger partial charge in [-0.15, -0.1) is 13.2 Å². The first-order chi connectivity index (χ1) is 11.4. The maximum Gasteiger partial charge on any atom is 0.573 e. The van der Waals surface area contributed by atoms with Crippen LogP contribution in [0, 0.1) is 5.92 Å². The van der Waals surface area contributed by atoms with Crippen LogP contribution in [0.1, 0.15) is 52.2 Å². The van der Waals surface area contributed by atoms with Gasteiger partial charge < -0.3 is 14.8 Å². The zero-order chi connectivity index (χ0) is 19.3. The van der Waals surface area contributed by atoms with Gasteiger partial charge in [-0.05, 0) is 62.8 Å². The summed E-state index contributed by atoms with van der Waals surface area (Å²) in [5.41, 5.74) is 0.804. The molecule has 142 valence electrons. The number of ether oxygens (including phenoxy) is 2. The van der Waals surface area contributed by atoms with Crippen molar-refractivity contribution in [3.05, 3.63) is 29.3 Å². The van der Waals surface area contributed by atoms with Crippen LogP contribution in [0.4, 0.5) is 18.0 Å². The van der Waals surface area contributed by atoms with Crippen molar-refractivity contribution in [3.8, 4) is 5.75 Å². The van der Waals surface area contributed by atoms with E-state index in [2.05, 4.69) is 23.9 Å². The Balaban J connectivity index is 2.89. The number of alkyl halides is 3. The zero-order valence-corrected chi connectivity index (χ0v) is 15.3. The Hall–Kier alpha value is -1.92. The highest BCUT2D eigenvalue weighted by molar-refractivity contribution is 5.67. The largest absolute Gasteiger partial charge is 0.573 e. The fraction of sp³-hybridized carbons (Fsp3) is 0.611. The minimum absolute atomic E-state index is 0.0669. The van der Waals surface area contributed by atoms with Crippen LogP contribution < -0.4 is 10.1 Å². The summed E-state index contributed by atoms with van der Waals surface area (Å²) in [5.74, 6) is 0.152. The Labute approximate surface area is 146 Å². The SMILES string of the molecule is CC(C)CCc1ccc(OC(F)(F)F)cc1CNC(=O)OC(C)(C)C. The second-order valence-corrected chi connectivity index (χ2v) is 7.27. The molecule has 7 heteroatoms. The van der Waals surface area contributed by atoms with Crippen molar-refractivity contribution in [1.82, 2.24) is 5.32 Å². The van der Waals surface area contributed by atoms with E-state index in [1.165, 1.54) is 12.1 Å². The van der Waals surface area contributed by atoms with Gasteiger partial charge in [-0.2, -0.15) is 0 Å². The topological polar surface area (TPSA) is 47.6 Å². The second-order valence-electron chi connectivity index (χ2n) is 7.27. The molecule has 1 N–H and O–H groups in total. The molecule has 0 fully saturated rings. The van der Waals surface area contributed by atoms with Crippen LogP contribution in [0.25, 0.3) is 0 Å². The van der Waals surface area contributed by atoms with E-state index in [9.17, 15) is 18.0 Å². The summed E-state index contributed by atoms with van der Waals surface area (Å²) in [5, 5.41) is 2.58. The minimum atomic E-state index is -4.75. The number of carbonyl (C=O) groups excluding carboxylic acids is 1. The maximum absolute atomic E-state index is 12.4. The van der Waals surface area contributed by atoms with Crippen molar-refractivity contribution in [1.29, 1.82) is 0 Å². The minimum Gasteiger partial charge on any atom is -0.444 e. The molecule has 0 saturated carbocycles. The number of alkyl carbamates (subject to hydrolysis) is 1. The van der Waals surface area contributed by atoms with Crippen LogP contribution in [0.3, 0.4) is 0 Å². The molecule has 0 radical (unpaired) electrons. The second kappa shape index (κ2) is 8.45. The molecule has 0 aliphatic rings. The molecule has 1 aromatic carbocycles. The Kier molecular flexibility index (Phi) is 7.14. The Morgan fingerprint density at radius 2 is 1.80 bits per heavy atom. The molecule has 0 unspecified atom stereocenters. The van der Waals surface area contributed by atoms with Gasteiger partial charge in [0.25, 0.3) is 0 Å². The lowest BCUT2D eigenvalue weighted by Crippen LogP contribution is -2.32. The standard InChI is InChI=1S/C18H26F3NO3/c1-12(2)6-7-13-8-9-15(24-18(19,20)21)10-14(13)11-22-16(23)25-17(3,4)5/h8-10,12H,6-7,11H2,1-5H3,(H,22,23). The number of aryl methyl sites for hydroxylation is 1. The average Bonchev–Trinajstić information content (AvgIpc) is 2.40. The number of benzene rings is 1. The lowest BCUT2D eigenvalue weighted by Gasteiger charge is -2.20. The summed E-state index contributed by atoms with van der Waals surface area (Å²) in [4.78, 5) is 11.8. The Bertz CT molecular complexity index is 578. The molecule has 0 saturated heterocycles. The van der Waals surface area contributed by atoms with Crippen LogP contribution in [-0.2, 0) is 17.7 Å². The highest BCUT2D eigenvalue weighted by Crippen LogP contribution is 2.26. The van der Waals surface area contributed by atoms with Crippen molar-refractivity contribution < 1.29 is 27.4 Å². The first-order valence-electron chi connectivity index (χ1n) is 8.20. The van der Waals surface area contributed by atoms with Crippen molar-refractivity contribution in [2.45, 2.75) is 66.0 Å². The molecule has 0 bridgehead atoms. The summed E-state index contributed by atoms with van der Waals surface area (Å²) >= 11 is 0. The number of amides is 1. The van der Waals surface area contributed by atoms with Gasteiger partial charge in [-0.3, -0.25) is 0 Å². The third-order valence-corrected chi connectivity index (χ3v) is 3.22. The summed E-state index contributed by atoms with van der Waals surface area (Å²) in [6, 6.07) is 4.20. The molecule has 0 spiro atoms. The maximum atomic E-state index is 12.4. The molecule has 1 rings (SSSR count). The average molecular weight is 361 g/mol. The van der Waals surface area contributed by atoms with E-state index in [0.717, 1.165) is 12.0 Å². The van der Waals surface area contributed by atoms with Crippen molar-refractivity contribution in [2.75, 3.05) is 0 Å². The van der Waals surface area contributed by atoms with E-state index >= 15 is 0 Å². The zero-order valence-electron chi connectivity index (χ0n) is 15.3. The smallest absolute Gasteiger partial charge is 0.444 e. The van der Waals surface area contributed by atoms with Gasteiger partial charge in [0.15, 0.2) is 0 Å². The van der Waals surface area contributed by atoms with Gasteiger partial charge in [0.2, 0.25) is 0 Å². The third-order valence-electron chi connectivity index (χ3n) is 3.22. The van der Waals surface area contributed by atoms with Gasteiger partial charge in [0, 0.05) is 6.54 Å². The highest BCUT2D eigenvalue weighted by Gasteiger charge is 2.31. The molecule has 0 atom stereocenters. The van der Waals surface area contributed by atoms with Gasteiger partial charge in [-0.1, -0.05) is 19.9 Å². The van der Waals surface area contributed by atoms with Crippen molar-refractivity contribution in [3.63, 3.8) is 0 Å². The fourth-order valence-electron chi connectivity index (χ4n) is 2.13. The summed E-state index contributed by atoms with van der Waals surface area (Å²) in [6.45, 7) is 9.41. The van der Waals surface area contributed by atoms with Crippen LogP contribution in [-0.4, -0.2) is 18.1 Å². The molecule has 0 aromatic heterocycles. The number of hydrogen-bond acceptors (Lipinski definition) is 3. The van der Waals surface area contributed by atoms with Gasteiger partial charge >= 0.3 is 12.5 Å². The molecule has 0 aliphatic carbocycles. The first-order valence-corrected chi connectivity index (χ1v) is 8.20. The van der Waals surface area contributed by atoms with Crippen molar-refractivity contribution in [2.24, 2.45) is 5.92 Å². The lowest BCUT2D eigenvalue weighted by atomic mass is 9.98. The summed E-state index contributed by atoms with van der Waals surface area (Å²) < 4.78 is 46.4. The third kappa shape index (κ3) is 9.22. The molecule has 25 heavy (non-hydrogen) atoms. The van der Waals surface area contributed by atoms with Crippen LogP contribution >= 0.6 is 0 Å². The van der Waals surface area contributed by atoms with E-state index in [4.69, 9.17) is 4.74 Å². The molecule has 1 aromatic rings. The first kappa shape index (κ1) is 21.1. The number of hydrogen-bond donors (Lipinski definition) is 1. The van der Waals surface area contributed by atoms with Crippen LogP contribution in [0.5, 0.6) is 5.75 Å². The number of carbonyl (C=O) groups is 1. The quantitative estimate of drug-likeness (QED) is 0.758. The van der Waals surface area contributed by atoms with Gasteiger partial charge in [0.1, 0.15) is 11.4 Å². The van der Waals surface area contributed by atoms with E-state index < -0.39 is 18.1 Å². The van der Waals surface area contributed by atoms with E-state index in [-0.39, 0.29) is 12.3 Å². The van der Waals surface area contributed by atoms with Crippen LogP contribution in [0.2, 0.25) is 0 Å². The predicted octanol–water partition coefficient (Wildman–Crippen LogP) is 5.20. The summed E-state index contributed by atoms with van der Waals surface area (Å²) in [7, 11) is 0. The molecular weight excluding hydrogens is 335 g/mol. The molecule has 4 nitrogen and oxygen atoms in total. The van der Waals surface area contributed by atoms with E-state index in [1.54, 1.807) is 26.8 Å². The number of halogens is 3. The van der Waals surface area contributed by atoms with E-state index in [1.807, 2.05) is 0 Å². The molecule has 0 heterocycles. The number of rotatable bonds is 6. The Morgan fingerprint density at radius 1 is 1.16 bits per heavy atom. The number of nitrogens with one attached hydrogen (secondary N) is 1. The van der Waals surface area contributed by atoms with E-state index in [0.29, 0.717) is 17.9 Å².